The van der Waals surface area contributed by atoms with Crippen LogP contribution in [0.2, 0.25) is 0 Å². The lowest BCUT2D eigenvalue weighted by Crippen LogP contribution is -2.11. The van der Waals surface area contributed by atoms with Crippen LogP contribution >= 0.6 is 0 Å². The second-order valence-electron chi connectivity index (χ2n) is 4.37. The van der Waals surface area contributed by atoms with Gasteiger partial charge in [-0.1, -0.05) is 40.0 Å². The summed E-state index contributed by atoms with van der Waals surface area (Å²) >= 11 is 0. The highest BCUT2D eigenvalue weighted by Gasteiger charge is 2.14. The molecule has 0 fully saturated rings. The molecule has 2 heteroatoms. The fourth-order valence-corrected chi connectivity index (χ4v) is 2.27. The molecule has 0 bridgehead atoms. The Morgan fingerprint density at radius 3 is 2.47 bits per heavy atom. The van der Waals surface area contributed by atoms with E-state index in [1.807, 2.05) is 12.5 Å². The van der Waals surface area contributed by atoms with Crippen molar-refractivity contribution in [3.63, 3.8) is 0 Å². The zero-order valence-corrected chi connectivity index (χ0v) is 10.3. The number of imidazole rings is 1. The summed E-state index contributed by atoms with van der Waals surface area (Å²) in [6, 6.07) is 0.643. The third-order valence-corrected chi connectivity index (χ3v) is 3.30. The molecule has 1 heterocycles. The van der Waals surface area contributed by atoms with Gasteiger partial charge in [0.15, 0.2) is 0 Å². The Hall–Kier alpha value is -0.790. The highest BCUT2D eigenvalue weighted by Crippen LogP contribution is 2.25. The fraction of sp³-hybridized carbons (Fsp3) is 0.769. The van der Waals surface area contributed by atoms with Gasteiger partial charge >= 0.3 is 0 Å². The van der Waals surface area contributed by atoms with E-state index in [9.17, 15) is 0 Å². The van der Waals surface area contributed by atoms with E-state index in [-0.39, 0.29) is 0 Å². The van der Waals surface area contributed by atoms with Crippen LogP contribution in [0.3, 0.4) is 0 Å². The van der Waals surface area contributed by atoms with Crippen molar-refractivity contribution in [2.45, 2.75) is 58.9 Å². The number of hydrogen-bond donors (Lipinski definition) is 0. The highest BCUT2D eigenvalue weighted by molar-refractivity contribution is 4.81. The van der Waals surface area contributed by atoms with Gasteiger partial charge in [-0.3, -0.25) is 0 Å². The Morgan fingerprint density at radius 2 is 2.00 bits per heavy atom. The highest BCUT2D eigenvalue weighted by atomic mass is 15.0. The van der Waals surface area contributed by atoms with Gasteiger partial charge in [-0.15, -0.1) is 0 Å². The minimum atomic E-state index is 0.643. The van der Waals surface area contributed by atoms with E-state index in [1.54, 1.807) is 0 Å². The van der Waals surface area contributed by atoms with Crippen molar-refractivity contribution in [1.29, 1.82) is 0 Å². The number of hydrogen-bond acceptors (Lipinski definition) is 1. The molecule has 86 valence electrons. The van der Waals surface area contributed by atoms with Crippen LogP contribution < -0.4 is 0 Å². The summed E-state index contributed by atoms with van der Waals surface area (Å²) in [5, 5.41) is 0. The van der Waals surface area contributed by atoms with Gasteiger partial charge in [0.1, 0.15) is 0 Å². The zero-order chi connectivity index (χ0) is 11.1. The quantitative estimate of drug-likeness (QED) is 0.661. The van der Waals surface area contributed by atoms with E-state index in [1.165, 1.54) is 32.1 Å². The number of nitrogens with zero attached hydrogens (tertiary/aromatic N) is 2. The van der Waals surface area contributed by atoms with Crippen molar-refractivity contribution in [1.82, 2.24) is 9.55 Å². The molecule has 2 nitrogen and oxygen atoms in total. The third kappa shape index (κ3) is 3.69. The molecule has 0 radical (unpaired) electrons. The van der Waals surface area contributed by atoms with Crippen molar-refractivity contribution in [3.05, 3.63) is 18.7 Å². The van der Waals surface area contributed by atoms with Crippen LogP contribution in [-0.4, -0.2) is 9.55 Å². The van der Waals surface area contributed by atoms with Crippen LogP contribution in [0.5, 0.6) is 0 Å². The molecule has 1 aromatic heterocycles. The second-order valence-corrected chi connectivity index (χ2v) is 4.37. The average Bonchev–Trinajstić information content (AvgIpc) is 2.77. The molecule has 0 saturated carbocycles. The largest absolute Gasteiger partial charge is 0.334 e. The normalized spacial score (nSPS) is 15.1. The average molecular weight is 208 g/mol. The van der Waals surface area contributed by atoms with E-state index in [4.69, 9.17) is 0 Å². The summed E-state index contributed by atoms with van der Waals surface area (Å²) in [6.07, 6.45) is 12.4. The van der Waals surface area contributed by atoms with Gasteiger partial charge in [-0.25, -0.2) is 4.98 Å². The first-order valence-corrected chi connectivity index (χ1v) is 6.29. The van der Waals surface area contributed by atoms with Gasteiger partial charge in [-0.05, 0) is 18.8 Å². The van der Waals surface area contributed by atoms with E-state index < -0.39 is 0 Å². The second kappa shape index (κ2) is 6.65. The molecule has 2 unspecified atom stereocenters. The van der Waals surface area contributed by atoms with Crippen LogP contribution in [0.15, 0.2) is 18.7 Å². The number of aromatic nitrogens is 2. The minimum Gasteiger partial charge on any atom is -0.334 e. The number of rotatable bonds is 7. The maximum absolute atomic E-state index is 4.13. The van der Waals surface area contributed by atoms with Crippen LogP contribution in [-0.2, 0) is 0 Å². The Balaban J connectivity index is 2.52. The van der Waals surface area contributed by atoms with Gasteiger partial charge in [0.25, 0.3) is 0 Å². The molecule has 2 atom stereocenters. The molecule has 0 aliphatic rings. The van der Waals surface area contributed by atoms with E-state index in [0.717, 1.165) is 5.92 Å². The SMILES string of the molecule is CCCC(CC)CC(CC)n1ccnc1. The summed E-state index contributed by atoms with van der Waals surface area (Å²) in [7, 11) is 0. The lowest BCUT2D eigenvalue weighted by Gasteiger charge is -2.22. The molecule has 15 heavy (non-hydrogen) atoms. The first-order valence-electron chi connectivity index (χ1n) is 6.29. The minimum absolute atomic E-state index is 0.643. The Bertz CT molecular complexity index is 241. The topological polar surface area (TPSA) is 17.8 Å². The van der Waals surface area contributed by atoms with Crippen molar-refractivity contribution in [3.8, 4) is 0 Å². The van der Waals surface area contributed by atoms with Crippen LogP contribution in [0, 0.1) is 5.92 Å². The van der Waals surface area contributed by atoms with Gasteiger partial charge in [0.2, 0.25) is 0 Å². The molecule has 0 aromatic carbocycles. The maximum Gasteiger partial charge on any atom is 0.0948 e. The molecule has 0 saturated heterocycles. The zero-order valence-electron chi connectivity index (χ0n) is 10.3. The summed E-state index contributed by atoms with van der Waals surface area (Å²) in [5.74, 6) is 0.877. The standard InChI is InChI=1S/C13H24N2/c1-4-7-12(5-2)10-13(6-3)15-9-8-14-11-15/h8-9,11-13H,4-7,10H2,1-3H3. The lowest BCUT2D eigenvalue weighted by molar-refractivity contribution is 0.331. The smallest absolute Gasteiger partial charge is 0.0948 e. The van der Waals surface area contributed by atoms with Crippen LogP contribution in [0.1, 0.15) is 58.9 Å². The van der Waals surface area contributed by atoms with Crippen molar-refractivity contribution < 1.29 is 0 Å². The van der Waals surface area contributed by atoms with Crippen LogP contribution in [0.4, 0.5) is 0 Å². The van der Waals surface area contributed by atoms with Crippen molar-refractivity contribution in [2.24, 2.45) is 5.92 Å². The molecular weight excluding hydrogens is 184 g/mol. The van der Waals surface area contributed by atoms with Crippen LogP contribution in [0.25, 0.3) is 0 Å². The summed E-state index contributed by atoms with van der Waals surface area (Å²) in [5.41, 5.74) is 0. The Labute approximate surface area is 93.7 Å². The molecule has 1 rings (SSSR count). The molecule has 0 spiro atoms. The predicted octanol–water partition coefficient (Wildman–Crippen LogP) is 4.05. The molecule has 0 amide bonds. The summed E-state index contributed by atoms with van der Waals surface area (Å²) in [6.45, 7) is 6.85. The van der Waals surface area contributed by atoms with E-state index >= 15 is 0 Å². The van der Waals surface area contributed by atoms with E-state index in [2.05, 4.69) is 36.5 Å². The first kappa shape index (κ1) is 12.3. The van der Waals surface area contributed by atoms with Crippen molar-refractivity contribution in [2.75, 3.05) is 0 Å². The van der Waals surface area contributed by atoms with Gasteiger partial charge in [0, 0.05) is 18.4 Å². The van der Waals surface area contributed by atoms with Gasteiger partial charge in [-0.2, -0.15) is 0 Å². The Morgan fingerprint density at radius 1 is 1.20 bits per heavy atom. The van der Waals surface area contributed by atoms with Gasteiger partial charge in [0.05, 0.1) is 6.33 Å². The molecule has 0 aliphatic carbocycles. The Kier molecular flexibility index (Phi) is 5.44. The predicted molar refractivity (Wildman–Crippen MR) is 64.9 cm³/mol. The lowest BCUT2D eigenvalue weighted by atomic mass is 9.92. The molecule has 0 N–H and O–H groups in total. The molecular formula is C13H24N2. The first-order chi connectivity index (χ1) is 7.31. The maximum atomic E-state index is 4.13. The molecule has 1 aromatic rings. The summed E-state index contributed by atoms with van der Waals surface area (Å²) < 4.78 is 2.26. The third-order valence-electron chi connectivity index (χ3n) is 3.30. The van der Waals surface area contributed by atoms with Gasteiger partial charge < -0.3 is 4.57 Å². The van der Waals surface area contributed by atoms with Crippen molar-refractivity contribution >= 4 is 0 Å². The fourth-order valence-electron chi connectivity index (χ4n) is 2.27. The monoisotopic (exact) mass is 208 g/mol. The summed E-state index contributed by atoms with van der Waals surface area (Å²) in [4.78, 5) is 4.13. The van der Waals surface area contributed by atoms with E-state index in [0.29, 0.717) is 6.04 Å². The molecule has 0 aliphatic heterocycles.